The van der Waals surface area contributed by atoms with E-state index in [1.807, 2.05) is 44.2 Å². The van der Waals surface area contributed by atoms with Crippen LogP contribution in [0.3, 0.4) is 0 Å². The molecule has 8 nitrogen and oxygen atoms in total. The Morgan fingerprint density at radius 1 is 1.16 bits per heavy atom. The SMILES string of the molecule is CCOC(=O)CNC(=O)C(CC(C)C)OC[C@@H]1CCCN1C(=O)OCc1ccccc1. The lowest BCUT2D eigenvalue weighted by molar-refractivity contribution is -0.145. The summed E-state index contributed by atoms with van der Waals surface area (Å²) >= 11 is 0. The summed E-state index contributed by atoms with van der Waals surface area (Å²) in [6, 6.07) is 9.38. The molecule has 1 N–H and O–H groups in total. The third-order valence-corrected chi connectivity index (χ3v) is 5.00. The van der Waals surface area contributed by atoms with Crippen molar-refractivity contribution in [1.82, 2.24) is 10.2 Å². The number of likely N-dealkylation sites (tertiary alicyclic amines) is 1. The molecule has 31 heavy (non-hydrogen) atoms. The van der Waals surface area contributed by atoms with Crippen molar-refractivity contribution in [2.45, 2.75) is 58.8 Å². The van der Waals surface area contributed by atoms with Crippen LogP contribution in [0.2, 0.25) is 0 Å². The van der Waals surface area contributed by atoms with Gasteiger partial charge in [0.2, 0.25) is 5.91 Å². The van der Waals surface area contributed by atoms with Gasteiger partial charge in [-0.05, 0) is 37.7 Å². The fourth-order valence-electron chi connectivity index (χ4n) is 3.44. The van der Waals surface area contributed by atoms with Crippen molar-refractivity contribution >= 4 is 18.0 Å². The second-order valence-electron chi connectivity index (χ2n) is 8.00. The fraction of sp³-hybridized carbons (Fsp3) is 0.609. The molecule has 1 aromatic rings. The first-order chi connectivity index (χ1) is 14.9. The zero-order valence-corrected chi connectivity index (χ0v) is 18.7. The lowest BCUT2D eigenvalue weighted by Gasteiger charge is -2.26. The van der Waals surface area contributed by atoms with E-state index in [1.165, 1.54) is 0 Å². The van der Waals surface area contributed by atoms with Gasteiger partial charge in [-0.2, -0.15) is 0 Å². The van der Waals surface area contributed by atoms with Gasteiger partial charge in [-0.25, -0.2) is 4.79 Å². The number of amides is 2. The average Bonchev–Trinajstić information content (AvgIpc) is 3.22. The molecule has 1 fully saturated rings. The molecule has 1 heterocycles. The number of nitrogens with zero attached hydrogens (tertiary/aromatic N) is 1. The van der Waals surface area contributed by atoms with E-state index in [-0.39, 0.29) is 50.3 Å². The fourth-order valence-corrected chi connectivity index (χ4v) is 3.44. The topological polar surface area (TPSA) is 94.2 Å². The van der Waals surface area contributed by atoms with E-state index in [2.05, 4.69) is 5.32 Å². The molecule has 2 atom stereocenters. The highest BCUT2D eigenvalue weighted by Gasteiger charge is 2.32. The van der Waals surface area contributed by atoms with Gasteiger partial charge in [-0.3, -0.25) is 9.59 Å². The Bertz CT molecular complexity index is 709. The molecule has 8 heteroatoms. The van der Waals surface area contributed by atoms with Gasteiger partial charge >= 0.3 is 12.1 Å². The summed E-state index contributed by atoms with van der Waals surface area (Å²) in [6.45, 7) is 6.84. The summed E-state index contributed by atoms with van der Waals surface area (Å²) in [5, 5.41) is 2.58. The molecular weight excluding hydrogens is 400 g/mol. The van der Waals surface area contributed by atoms with E-state index in [9.17, 15) is 14.4 Å². The van der Waals surface area contributed by atoms with E-state index < -0.39 is 12.1 Å². The van der Waals surface area contributed by atoms with Crippen molar-refractivity contribution < 1.29 is 28.6 Å². The molecule has 1 aliphatic rings. The number of hydrogen-bond donors (Lipinski definition) is 1. The van der Waals surface area contributed by atoms with Crippen LogP contribution in [0, 0.1) is 5.92 Å². The second kappa shape index (κ2) is 12.9. The van der Waals surface area contributed by atoms with Crippen LogP contribution < -0.4 is 5.32 Å². The van der Waals surface area contributed by atoms with Crippen molar-refractivity contribution in [1.29, 1.82) is 0 Å². The monoisotopic (exact) mass is 434 g/mol. The van der Waals surface area contributed by atoms with Crippen LogP contribution in [0.15, 0.2) is 30.3 Å². The van der Waals surface area contributed by atoms with Gasteiger partial charge in [0, 0.05) is 6.54 Å². The lowest BCUT2D eigenvalue weighted by atomic mass is 10.1. The Balaban J connectivity index is 1.86. The summed E-state index contributed by atoms with van der Waals surface area (Å²) in [7, 11) is 0. The molecule has 1 saturated heterocycles. The van der Waals surface area contributed by atoms with Gasteiger partial charge in [-0.15, -0.1) is 0 Å². The molecule has 0 saturated carbocycles. The highest BCUT2D eigenvalue weighted by molar-refractivity contribution is 5.85. The zero-order valence-electron chi connectivity index (χ0n) is 18.7. The van der Waals surface area contributed by atoms with Crippen LogP contribution in [-0.4, -0.2) is 61.3 Å². The number of rotatable bonds is 11. The summed E-state index contributed by atoms with van der Waals surface area (Å²) in [5.74, 6) is -0.603. The van der Waals surface area contributed by atoms with Crippen LogP contribution in [0.4, 0.5) is 4.79 Å². The normalized spacial score (nSPS) is 16.8. The van der Waals surface area contributed by atoms with Crippen molar-refractivity contribution in [3.63, 3.8) is 0 Å². The molecule has 2 rings (SSSR count). The van der Waals surface area contributed by atoms with Gasteiger partial charge in [0.15, 0.2) is 0 Å². The lowest BCUT2D eigenvalue weighted by Crippen LogP contribution is -2.44. The highest BCUT2D eigenvalue weighted by Crippen LogP contribution is 2.20. The minimum Gasteiger partial charge on any atom is -0.465 e. The number of carbonyl (C=O) groups excluding carboxylic acids is 3. The first-order valence-electron chi connectivity index (χ1n) is 10.9. The van der Waals surface area contributed by atoms with Crippen LogP contribution in [0.1, 0.15) is 45.6 Å². The Labute approximate surface area is 184 Å². The summed E-state index contributed by atoms with van der Waals surface area (Å²) in [6.07, 6.45) is 1.09. The average molecular weight is 435 g/mol. The van der Waals surface area contributed by atoms with E-state index in [4.69, 9.17) is 14.2 Å². The number of carbonyl (C=O) groups is 3. The maximum atomic E-state index is 12.5. The number of esters is 1. The smallest absolute Gasteiger partial charge is 0.410 e. The van der Waals surface area contributed by atoms with Gasteiger partial charge in [-0.1, -0.05) is 44.2 Å². The number of hydrogen-bond acceptors (Lipinski definition) is 6. The predicted octanol–water partition coefficient (Wildman–Crippen LogP) is 2.90. The van der Waals surface area contributed by atoms with E-state index >= 15 is 0 Å². The van der Waals surface area contributed by atoms with Crippen molar-refractivity contribution in [2.24, 2.45) is 5.92 Å². The molecule has 1 unspecified atom stereocenters. The number of ether oxygens (including phenoxy) is 3. The highest BCUT2D eigenvalue weighted by atomic mass is 16.6. The summed E-state index contributed by atoms with van der Waals surface area (Å²) < 4.78 is 16.2. The molecule has 172 valence electrons. The van der Waals surface area contributed by atoms with Crippen molar-refractivity contribution in [3.8, 4) is 0 Å². The standard InChI is InChI=1S/C23H34N2O6/c1-4-29-21(26)14-24-22(27)20(13-17(2)3)30-16-19-11-8-12-25(19)23(28)31-15-18-9-6-5-7-10-18/h5-7,9-10,17,19-20H,4,8,11-16H2,1-3H3,(H,24,27)/t19-,20?/m0/s1. The van der Waals surface area contributed by atoms with E-state index in [0.29, 0.717) is 13.0 Å². The molecule has 0 bridgehead atoms. The van der Waals surface area contributed by atoms with Crippen LogP contribution in [0.5, 0.6) is 0 Å². The first-order valence-corrected chi connectivity index (χ1v) is 10.9. The molecule has 0 aromatic heterocycles. The summed E-state index contributed by atoms with van der Waals surface area (Å²) in [4.78, 5) is 38.2. The maximum Gasteiger partial charge on any atom is 0.410 e. The third kappa shape index (κ3) is 8.57. The van der Waals surface area contributed by atoms with E-state index in [0.717, 1.165) is 18.4 Å². The van der Waals surface area contributed by atoms with Gasteiger partial charge in [0.05, 0.1) is 19.3 Å². The molecule has 1 aliphatic heterocycles. The predicted molar refractivity (Wildman–Crippen MR) is 115 cm³/mol. The van der Waals surface area contributed by atoms with Crippen LogP contribution in [0.25, 0.3) is 0 Å². The Hall–Kier alpha value is -2.61. The van der Waals surface area contributed by atoms with E-state index in [1.54, 1.807) is 11.8 Å². The largest absolute Gasteiger partial charge is 0.465 e. The van der Waals surface area contributed by atoms with Crippen LogP contribution in [-0.2, 0) is 30.4 Å². The quantitative estimate of drug-likeness (QED) is 0.538. The van der Waals surface area contributed by atoms with Crippen molar-refractivity contribution in [2.75, 3.05) is 26.3 Å². The second-order valence-corrected chi connectivity index (χ2v) is 8.00. The Morgan fingerprint density at radius 3 is 2.58 bits per heavy atom. The minimum atomic E-state index is -0.697. The third-order valence-electron chi connectivity index (χ3n) is 5.00. The Morgan fingerprint density at radius 2 is 1.90 bits per heavy atom. The van der Waals surface area contributed by atoms with Gasteiger partial charge < -0.3 is 24.4 Å². The Kier molecular flexibility index (Phi) is 10.3. The molecule has 1 aromatic carbocycles. The van der Waals surface area contributed by atoms with Crippen LogP contribution >= 0.6 is 0 Å². The molecule has 0 spiro atoms. The summed E-state index contributed by atoms with van der Waals surface area (Å²) in [5.41, 5.74) is 0.929. The number of benzene rings is 1. The van der Waals surface area contributed by atoms with Gasteiger partial charge in [0.25, 0.3) is 0 Å². The maximum absolute atomic E-state index is 12.5. The number of nitrogens with one attached hydrogen (secondary N) is 1. The minimum absolute atomic E-state index is 0.143. The van der Waals surface area contributed by atoms with Gasteiger partial charge in [0.1, 0.15) is 19.3 Å². The molecular formula is C23H34N2O6. The molecule has 0 aliphatic carbocycles. The molecule has 0 radical (unpaired) electrons. The first kappa shape index (κ1) is 24.7. The zero-order chi connectivity index (χ0) is 22.6. The van der Waals surface area contributed by atoms with Crippen molar-refractivity contribution in [3.05, 3.63) is 35.9 Å². The molecule has 2 amide bonds.